The second kappa shape index (κ2) is 7.97. The van der Waals surface area contributed by atoms with Crippen molar-refractivity contribution in [3.05, 3.63) is 58.0 Å². The van der Waals surface area contributed by atoms with E-state index in [1.54, 1.807) is 17.6 Å². The summed E-state index contributed by atoms with van der Waals surface area (Å²) in [5.41, 5.74) is 7.88. The Labute approximate surface area is 200 Å². The molecule has 0 unspecified atom stereocenters. The van der Waals surface area contributed by atoms with Crippen LogP contribution in [0.4, 0.5) is 11.6 Å². The Bertz CT molecular complexity index is 1520. The molecule has 1 amide bonds. The Hall–Kier alpha value is -4.15. The number of nitrogens with one attached hydrogen (secondary N) is 2. The molecule has 1 aliphatic heterocycles. The minimum Gasteiger partial charge on any atom is -0.383 e. The number of H-pyrrole nitrogens is 1. The Balaban J connectivity index is 1.44. The number of nitrogen functional groups attached to an aromatic ring is 1. The van der Waals surface area contributed by atoms with E-state index in [9.17, 15) is 9.59 Å². The number of pyridine rings is 1. The zero-order valence-corrected chi connectivity index (χ0v) is 19.3. The number of rotatable bonds is 4. The van der Waals surface area contributed by atoms with E-state index in [1.165, 1.54) is 56.8 Å². The fourth-order valence-corrected chi connectivity index (χ4v) is 5.31. The fourth-order valence-electron chi connectivity index (χ4n) is 5.31. The number of carbonyl (C=O) groups excluding carboxylic acids is 1. The van der Waals surface area contributed by atoms with E-state index in [0.29, 0.717) is 28.7 Å². The van der Waals surface area contributed by atoms with Crippen LogP contribution in [0.15, 0.2) is 35.6 Å². The third-order valence-electron chi connectivity index (χ3n) is 7.20. The van der Waals surface area contributed by atoms with Crippen LogP contribution in [0.3, 0.4) is 0 Å². The van der Waals surface area contributed by atoms with Crippen LogP contribution in [0.5, 0.6) is 0 Å². The largest absolute Gasteiger partial charge is 0.383 e. The standard InChI is InChI=1S/C24H25N9O2/c1-24(17-10-14(34)7-8-26-17)18-19(25)30-20(31-21(18)32-23(24)35)16-11-33-22(27-12-28-33)15(29-16)9-13-5-3-2-4-6-13/h7-8,10-13H,2-6,9H2,1H3,(H,26,34)(H3,25,30,31,32,35)/t24-/m1/s1. The van der Waals surface area contributed by atoms with Gasteiger partial charge >= 0.3 is 0 Å². The number of amides is 1. The first-order valence-electron chi connectivity index (χ1n) is 11.8. The van der Waals surface area contributed by atoms with Crippen LogP contribution in [0.1, 0.15) is 56.0 Å². The van der Waals surface area contributed by atoms with Gasteiger partial charge < -0.3 is 16.0 Å². The van der Waals surface area contributed by atoms with Crippen LogP contribution in [-0.4, -0.2) is 40.4 Å². The van der Waals surface area contributed by atoms with Crippen molar-refractivity contribution in [3.8, 4) is 11.5 Å². The van der Waals surface area contributed by atoms with E-state index >= 15 is 0 Å². The summed E-state index contributed by atoms with van der Waals surface area (Å²) in [7, 11) is 0. The molecule has 0 bridgehead atoms. The van der Waals surface area contributed by atoms with Crippen LogP contribution in [0.2, 0.25) is 0 Å². The average molecular weight is 472 g/mol. The summed E-state index contributed by atoms with van der Waals surface area (Å²) < 4.78 is 1.69. The maximum Gasteiger partial charge on any atom is 0.242 e. The minimum absolute atomic E-state index is 0.143. The van der Waals surface area contributed by atoms with Crippen molar-refractivity contribution in [1.82, 2.24) is 34.5 Å². The molecule has 6 rings (SSSR count). The smallest absolute Gasteiger partial charge is 0.242 e. The van der Waals surface area contributed by atoms with Crippen LogP contribution < -0.4 is 16.5 Å². The molecule has 2 aliphatic rings. The summed E-state index contributed by atoms with van der Waals surface area (Å²) in [6.07, 6.45) is 11.7. The zero-order chi connectivity index (χ0) is 24.2. The monoisotopic (exact) mass is 471 g/mol. The Morgan fingerprint density at radius 2 is 2.00 bits per heavy atom. The third kappa shape index (κ3) is 3.46. The predicted molar refractivity (Wildman–Crippen MR) is 129 cm³/mol. The maximum atomic E-state index is 13.1. The van der Waals surface area contributed by atoms with Gasteiger partial charge in [0.1, 0.15) is 29.1 Å². The maximum absolute atomic E-state index is 13.1. The van der Waals surface area contributed by atoms with Gasteiger partial charge in [-0.1, -0.05) is 32.1 Å². The molecule has 0 saturated heterocycles. The summed E-state index contributed by atoms with van der Waals surface area (Å²) in [5.74, 6) is 0.953. The molecule has 4 N–H and O–H groups in total. The molecular formula is C24H25N9O2. The number of aromatic nitrogens is 7. The molecule has 5 heterocycles. The number of nitrogens with two attached hydrogens (primary N) is 1. The van der Waals surface area contributed by atoms with E-state index in [1.807, 2.05) is 0 Å². The lowest BCUT2D eigenvalue weighted by molar-refractivity contribution is -0.119. The van der Waals surface area contributed by atoms with Gasteiger partial charge in [0, 0.05) is 24.0 Å². The van der Waals surface area contributed by atoms with Crippen molar-refractivity contribution in [2.45, 2.75) is 50.9 Å². The van der Waals surface area contributed by atoms with Crippen molar-refractivity contribution in [3.63, 3.8) is 0 Å². The van der Waals surface area contributed by atoms with Crippen molar-refractivity contribution >= 4 is 23.2 Å². The SMILES string of the molecule is C[C@]1(c2cc(=O)cc[nH]2)C(=O)Nc2nc(-c3cn4ncnc4c(CC4CCCCC4)n3)nc(N)c21. The Morgan fingerprint density at radius 1 is 1.17 bits per heavy atom. The highest BCUT2D eigenvalue weighted by atomic mass is 16.2. The van der Waals surface area contributed by atoms with Gasteiger partial charge in [-0.3, -0.25) is 9.59 Å². The lowest BCUT2D eigenvalue weighted by atomic mass is 9.81. The molecular weight excluding hydrogens is 446 g/mol. The summed E-state index contributed by atoms with van der Waals surface area (Å²) in [6.45, 7) is 1.70. The number of fused-ring (bicyclic) bond motifs is 2. The number of nitrogens with zero attached hydrogens (tertiary/aromatic N) is 6. The van der Waals surface area contributed by atoms with Crippen LogP contribution in [0, 0.1) is 5.92 Å². The molecule has 1 fully saturated rings. The topological polar surface area (TPSA) is 157 Å². The summed E-state index contributed by atoms with van der Waals surface area (Å²) in [5, 5.41) is 7.13. The molecule has 4 aromatic heterocycles. The Kier molecular flexibility index (Phi) is 4.87. The fraction of sp³-hybridized carbons (Fsp3) is 0.375. The van der Waals surface area contributed by atoms with Crippen LogP contribution in [0.25, 0.3) is 17.2 Å². The zero-order valence-electron chi connectivity index (χ0n) is 19.3. The number of aromatic amines is 1. The van der Waals surface area contributed by atoms with Gasteiger partial charge in [0.15, 0.2) is 16.9 Å². The summed E-state index contributed by atoms with van der Waals surface area (Å²) in [6, 6.07) is 2.78. The van der Waals surface area contributed by atoms with Crippen molar-refractivity contribution in [1.29, 1.82) is 0 Å². The number of carbonyl (C=O) groups is 1. The molecule has 11 heteroatoms. The lowest BCUT2D eigenvalue weighted by Gasteiger charge is -2.22. The molecule has 4 aromatic rings. The van der Waals surface area contributed by atoms with E-state index < -0.39 is 5.41 Å². The highest BCUT2D eigenvalue weighted by molar-refractivity contribution is 6.08. The van der Waals surface area contributed by atoms with Gasteiger partial charge in [-0.2, -0.15) is 5.10 Å². The van der Waals surface area contributed by atoms with Crippen molar-refractivity contribution < 1.29 is 4.79 Å². The van der Waals surface area contributed by atoms with E-state index in [2.05, 4.69) is 30.4 Å². The second-order valence-corrected chi connectivity index (χ2v) is 9.48. The van der Waals surface area contributed by atoms with Gasteiger partial charge in [-0.05, 0) is 19.3 Å². The summed E-state index contributed by atoms with van der Waals surface area (Å²) >= 11 is 0. The van der Waals surface area contributed by atoms with Gasteiger partial charge in [-0.25, -0.2) is 24.5 Å². The number of anilines is 2. The first-order valence-corrected chi connectivity index (χ1v) is 11.8. The first kappa shape index (κ1) is 21.4. The molecule has 35 heavy (non-hydrogen) atoms. The summed E-state index contributed by atoms with van der Waals surface area (Å²) in [4.78, 5) is 46.5. The first-order chi connectivity index (χ1) is 16.9. The minimum atomic E-state index is -1.23. The Morgan fingerprint density at radius 3 is 2.80 bits per heavy atom. The van der Waals surface area contributed by atoms with Crippen LogP contribution >= 0.6 is 0 Å². The number of hydrogen-bond donors (Lipinski definition) is 3. The van der Waals surface area contributed by atoms with Crippen molar-refractivity contribution in [2.75, 3.05) is 11.1 Å². The lowest BCUT2D eigenvalue weighted by Crippen LogP contribution is -2.34. The van der Waals surface area contributed by atoms with Crippen molar-refractivity contribution in [2.24, 2.45) is 5.92 Å². The van der Waals surface area contributed by atoms with Gasteiger partial charge in [0.2, 0.25) is 5.91 Å². The second-order valence-electron chi connectivity index (χ2n) is 9.48. The highest BCUT2D eigenvalue weighted by Crippen LogP contribution is 2.43. The average Bonchev–Trinajstić information content (AvgIpc) is 3.43. The third-order valence-corrected chi connectivity index (χ3v) is 7.20. The quantitative estimate of drug-likeness (QED) is 0.409. The molecule has 1 saturated carbocycles. The molecule has 0 aromatic carbocycles. The number of hydrogen-bond acceptors (Lipinski definition) is 8. The molecule has 178 valence electrons. The predicted octanol–water partition coefficient (Wildman–Crippen LogP) is 2.23. The molecule has 11 nitrogen and oxygen atoms in total. The normalized spacial score (nSPS) is 20.2. The molecule has 1 aliphatic carbocycles. The van der Waals surface area contributed by atoms with Crippen LogP contribution in [-0.2, 0) is 16.6 Å². The van der Waals surface area contributed by atoms with E-state index in [-0.39, 0.29) is 23.0 Å². The molecule has 0 spiro atoms. The highest BCUT2D eigenvalue weighted by Gasteiger charge is 2.48. The van der Waals surface area contributed by atoms with Gasteiger partial charge in [0.25, 0.3) is 0 Å². The van der Waals surface area contributed by atoms with E-state index in [0.717, 1.165) is 17.8 Å². The van der Waals surface area contributed by atoms with E-state index in [4.69, 9.17) is 10.7 Å². The molecule has 1 atom stereocenters. The van der Waals surface area contributed by atoms with Gasteiger partial charge in [-0.15, -0.1) is 0 Å². The van der Waals surface area contributed by atoms with Gasteiger partial charge in [0.05, 0.1) is 17.5 Å². The molecule has 0 radical (unpaired) electrons.